The Balaban J connectivity index is 1.60. The van der Waals surface area contributed by atoms with Gasteiger partial charge in [0, 0.05) is 24.9 Å². The van der Waals surface area contributed by atoms with Gasteiger partial charge in [-0.05, 0) is 54.9 Å². The predicted octanol–water partition coefficient (Wildman–Crippen LogP) is 5.60. The number of rotatable bonds is 16. The van der Waals surface area contributed by atoms with E-state index in [2.05, 4.69) is 51.2 Å². The maximum absolute atomic E-state index is 12.4. The van der Waals surface area contributed by atoms with E-state index < -0.39 is 0 Å². The van der Waals surface area contributed by atoms with E-state index in [0.717, 1.165) is 24.5 Å². The standard InChI is InChI=1S/C27H43N3O3/c1-6-8-22(4)9-7-15-32-17-18-33-16-14-28-27(31)25-12-10-24(11-13-25)23(5)30-20-26(19-29-30)21(2)3/h10-13,19-23H,6-9,14-18H2,1-5H3,(H,28,31). The van der Waals surface area contributed by atoms with Crippen LogP contribution in [0.5, 0.6) is 0 Å². The van der Waals surface area contributed by atoms with E-state index in [1.54, 1.807) is 0 Å². The third-order valence-electron chi connectivity index (χ3n) is 6.01. The largest absolute Gasteiger partial charge is 0.379 e. The van der Waals surface area contributed by atoms with Crippen LogP contribution >= 0.6 is 0 Å². The molecule has 1 aromatic heterocycles. The highest BCUT2D eigenvalue weighted by atomic mass is 16.5. The molecule has 6 nitrogen and oxygen atoms in total. The lowest BCUT2D eigenvalue weighted by Gasteiger charge is -2.13. The van der Waals surface area contributed by atoms with Crippen LogP contribution in [-0.4, -0.2) is 48.7 Å². The van der Waals surface area contributed by atoms with Crippen molar-refractivity contribution in [1.29, 1.82) is 0 Å². The quantitative estimate of drug-likeness (QED) is 0.334. The fourth-order valence-electron chi connectivity index (χ4n) is 3.76. The molecule has 0 radical (unpaired) electrons. The van der Waals surface area contributed by atoms with Gasteiger partial charge in [-0.25, -0.2) is 0 Å². The van der Waals surface area contributed by atoms with Gasteiger partial charge in [0.25, 0.3) is 5.91 Å². The summed E-state index contributed by atoms with van der Waals surface area (Å²) in [5, 5.41) is 7.39. The van der Waals surface area contributed by atoms with Gasteiger partial charge >= 0.3 is 0 Å². The van der Waals surface area contributed by atoms with E-state index in [9.17, 15) is 4.79 Å². The fraction of sp³-hybridized carbons (Fsp3) is 0.630. The minimum absolute atomic E-state index is 0.0866. The third-order valence-corrected chi connectivity index (χ3v) is 6.01. The van der Waals surface area contributed by atoms with Crippen LogP contribution in [0.4, 0.5) is 0 Å². The first kappa shape index (κ1) is 27.1. The highest BCUT2D eigenvalue weighted by Gasteiger charge is 2.12. The number of nitrogens with zero attached hydrogens (tertiary/aromatic N) is 2. The van der Waals surface area contributed by atoms with Crippen molar-refractivity contribution >= 4 is 5.91 Å². The number of ether oxygens (including phenoxy) is 2. The van der Waals surface area contributed by atoms with Crippen LogP contribution in [0.3, 0.4) is 0 Å². The average Bonchev–Trinajstić information content (AvgIpc) is 3.31. The normalized spacial score (nSPS) is 13.3. The molecule has 0 bridgehead atoms. The Kier molecular flexibility index (Phi) is 12.2. The topological polar surface area (TPSA) is 65.4 Å². The van der Waals surface area contributed by atoms with E-state index >= 15 is 0 Å². The van der Waals surface area contributed by atoms with Gasteiger partial charge in [0.1, 0.15) is 0 Å². The summed E-state index contributed by atoms with van der Waals surface area (Å²) in [6.07, 6.45) is 8.89. The minimum atomic E-state index is -0.0866. The lowest BCUT2D eigenvalue weighted by Crippen LogP contribution is -2.27. The molecule has 1 aromatic carbocycles. The highest BCUT2D eigenvalue weighted by Crippen LogP contribution is 2.21. The van der Waals surface area contributed by atoms with Gasteiger partial charge in [-0.3, -0.25) is 9.48 Å². The zero-order valence-electron chi connectivity index (χ0n) is 21.2. The molecule has 0 aliphatic heterocycles. The molecular weight excluding hydrogens is 414 g/mol. The lowest BCUT2D eigenvalue weighted by molar-refractivity contribution is 0.0459. The van der Waals surface area contributed by atoms with Crippen molar-refractivity contribution in [2.75, 3.05) is 33.0 Å². The van der Waals surface area contributed by atoms with Crippen LogP contribution in [0, 0.1) is 5.92 Å². The Morgan fingerprint density at radius 3 is 2.30 bits per heavy atom. The Labute approximate surface area is 200 Å². The first-order chi connectivity index (χ1) is 15.9. The molecule has 1 amide bonds. The van der Waals surface area contributed by atoms with Gasteiger partial charge < -0.3 is 14.8 Å². The smallest absolute Gasteiger partial charge is 0.251 e. The molecule has 33 heavy (non-hydrogen) atoms. The number of nitrogens with one attached hydrogen (secondary N) is 1. The first-order valence-electron chi connectivity index (χ1n) is 12.5. The number of benzene rings is 1. The molecule has 0 fully saturated rings. The second kappa shape index (κ2) is 14.9. The molecule has 0 saturated heterocycles. The van der Waals surface area contributed by atoms with Gasteiger partial charge in [-0.1, -0.05) is 52.7 Å². The summed E-state index contributed by atoms with van der Waals surface area (Å²) in [4.78, 5) is 12.4. The fourth-order valence-corrected chi connectivity index (χ4v) is 3.76. The molecule has 1 heterocycles. The summed E-state index contributed by atoms with van der Waals surface area (Å²) >= 11 is 0. The Bertz CT molecular complexity index is 801. The van der Waals surface area contributed by atoms with Crippen molar-refractivity contribution in [1.82, 2.24) is 15.1 Å². The van der Waals surface area contributed by atoms with E-state index in [1.807, 2.05) is 35.1 Å². The number of carbonyl (C=O) groups is 1. The van der Waals surface area contributed by atoms with E-state index in [4.69, 9.17) is 9.47 Å². The second-order valence-electron chi connectivity index (χ2n) is 9.22. The molecule has 0 spiro atoms. The molecule has 0 aliphatic rings. The van der Waals surface area contributed by atoms with Crippen molar-refractivity contribution in [3.63, 3.8) is 0 Å². The van der Waals surface area contributed by atoms with E-state index in [-0.39, 0.29) is 11.9 Å². The van der Waals surface area contributed by atoms with Crippen LogP contribution in [0.2, 0.25) is 0 Å². The maximum Gasteiger partial charge on any atom is 0.251 e. The highest BCUT2D eigenvalue weighted by molar-refractivity contribution is 5.94. The summed E-state index contributed by atoms with van der Waals surface area (Å²) < 4.78 is 13.1. The van der Waals surface area contributed by atoms with Gasteiger partial charge in [0.05, 0.1) is 32.1 Å². The third kappa shape index (κ3) is 9.68. The molecule has 2 atom stereocenters. The number of aromatic nitrogens is 2. The van der Waals surface area contributed by atoms with Gasteiger partial charge in [0.2, 0.25) is 0 Å². The minimum Gasteiger partial charge on any atom is -0.379 e. The van der Waals surface area contributed by atoms with Crippen molar-refractivity contribution < 1.29 is 14.3 Å². The number of amides is 1. The van der Waals surface area contributed by atoms with Gasteiger partial charge in [-0.2, -0.15) is 5.10 Å². The van der Waals surface area contributed by atoms with Gasteiger partial charge in [0.15, 0.2) is 0 Å². The summed E-state index contributed by atoms with van der Waals surface area (Å²) in [6.45, 7) is 13.9. The summed E-state index contributed by atoms with van der Waals surface area (Å²) in [7, 11) is 0. The van der Waals surface area contributed by atoms with Crippen molar-refractivity contribution in [2.45, 2.75) is 72.3 Å². The number of hydrogen-bond donors (Lipinski definition) is 1. The van der Waals surface area contributed by atoms with Crippen LogP contribution < -0.4 is 5.32 Å². The predicted molar refractivity (Wildman–Crippen MR) is 134 cm³/mol. The molecule has 184 valence electrons. The average molecular weight is 458 g/mol. The van der Waals surface area contributed by atoms with Crippen molar-refractivity contribution in [3.8, 4) is 0 Å². The molecule has 1 N–H and O–H groups in total. The summed E-state index contributed by atoms with van der Waals surface area (Å²) in [5.41, 5.74) is 2.99. The molecule has 2 rings (SSSR count). The first-order valence-corrected chi connectivity index (χ1v) is 12.5. The van der Waals surface area contributed by atoms with E-state index in [1.165, 1.54) is 24.8 Å². The van der Waals surface area contributed by atoms with Crippen LogP contribution in [0.25, 0.3) is 0 Å². The van der Waals surface area contributed by atoms with Crippen LogP contribution in [0.1, 0.15) is 93.7 Å². The lowest BCUT2D eigenvalue weighted by atomic mass is 10.0. The molecule has 0 aliphatic carbocycles. The Morgan fingerprint density at radius 2 is 1.67 bits per heavy atom. The van der Waals surface area contributed by atoms with Crippen molar-refractivity contribution in [2.24, 2.45) is 5.92 Å². The monoisotopic (exact) mass is 457 g/mol. The second-order valence-corrected chi connectivity index (χ2v) is 9.22. The van der Waals surface area contributed by atoms with Crippen LogP contribution in [-0.2, 0) is 9.47 Å². The Hall–Kier alpha value is -2.18. The maximum atomic E-state index is 12.4. The molecule has 2 unspecified atom stereocenters. The zero-order valence-corrected chi connectivity index (χ0v) is 21.2. The molecule has 2 aromatic rings. The molecular formula is C27H43N3O3. The number of carbonyl (C=O) groups excluding carboxylic acids is 1. The zero-order chi connectivity index (χ0) is 24.1. The van der Waals surface area contributed by atoms with E-state index in [0.29, 0.717) is 37.8 Å². The van der Waals surface area contributed by atoms with Crippen LogP contribution in [0.15, 0.2) is 36.7 Å². The summed E-state index contributed by atoms with van der Waals surface area (Å²) in [6, 6.07) is 7.83. The molecule has 6 heteroatoms. The van der Waals surface area contributed by atoms with Gasteiger partial charge in [-0.15, -0.1) is 0 Å². The Morgan fingerprint density at radius 1 is 0.970 bits per heavy atom. The summed E-state index contributed by atoms with van der Waals surface area (Å²) in [5.74, 6) is 1.15. The molecule has 0 saturated carbocycles. The number of hydrogen-bond acceptors (Lipinski definition) is 4. The van der Waals surface area contributed by atoms with Crippen molar-refractivity contribution in [3.05, 3.63) is 53.3 Å². The SMILES string of the molecule is CCCC(C)CCCOCCOCCNC(=O)c1ccc(C(C)n2cc(C(C)C)cn2)cc1.